The van der Waals surface area contributed by atoms with Crippen molar-refractivity contribution in [3.8, 4) is 0 Å². The van der Waals surface area contributed by atoms with E-state index in [-0.39, 0.29) is 5.41 Å². The molecule has 0 amide bonds. The standard InChI is InChI=1S/C17H31N3S/c1-12(2)18-10-14-15(17(3,4)5)19-16(21-14)20(6)11-13-8-7-9-13/h12-13,18H,7-11H2,1-6H3. The number of rotatable bonds is 6. The third kappa shape index (κ3) is 4.43. The van der Waals surface area contributed by atoms with E-state index in [0.29, 0.717) is 6.04 Å². The van der Waals surface area contributed by atoms with Gasteiger partial charge in [-0.15, -0.1) is 11.3 Å². The third-order valence-electron chi connectivity index (χ3n) is 4.15. The number of aromatic nitrogens is 1. The van der Waals surface area contributed by atoms with E-state index < -0.39 is 0 Å². The zero-order valence-corrected chi connectivity index (χ0v) is 15.3. The van der Waals surface area contributed by atoms with Gasteiger partial charge in [-0.1, -0.05) is 41.0 Å². The smallest absolute Gasteiger partial charge is 0.185 e. The molecule has 1 fully saturated rings. The first-order chi connectivity index (χ1) is 9.77. The Hall–Kier alpha value is -0.610. The zero-order valence-electron chi connectivity index (χ0n) is 14.5. The van der Waals surface area contributed by atoms with Gasteiger partial charge in [0.05, 0.1) is 5.69 Å². The van der Waals surface area contributed by atoms with Crippen LogP contribution in [0, 0.1) is 5.92 Å². The molecule has 0 aromatic carbocycles. The Balaban J connectivity index is 2.14. The molecule has 0 aliphatic heterocycles. The van der Waals surface area contributed by atoms with E-state index in [1.807, 2.05) is 11.3 Å². The fourth-order valence-corrected chi connectivity index (χ4v) is 3.84. The van der Waals surface area contributed by atoms with E-state index in [1.165, 1.54) is 35.0 Å². The Morgan fingerprint density at radius 2 is 2.00 bits per heavy atom. The molecule has 4 heteroatoms. The van der Waals surface area contributed by atoms with Crippen LogP contribution in [0.25, 0.3) is 0 Å². The summed E-state index contributed by atoms with van der Waals surface area (Å²) in [5.41, 5.74) is 1.37. The van der Waals surface area contributed by atoms with Gasteiger partial charge in [-0.3, -0.25) is 0 Å². The van der Waals surface area contributed by atoms with E-state index in [9.17, 15) is 0 Å². The molecular weight excluding hydrogens is 278 g/mol. The summed E-state index contributed by atoms with van der Waals surface area (Å²) in [6.07, 6.45) is 4.19. The molecule has 1 aliphatic rings. The Bertz CT molecular complexity index is 455. The zero-order chi connectivity index (χ0) is 15.6. The maximum atomic E-state index is 4.98. The fourth-order valence-electron chi connectivity index (χ4n) is 2.65. The van der Waals surface area contributed by atoms with Gasteiger partial charge in [0.15, 0.2) is 5.13 Å². The molecule has 0 unspecified atom stereocenters. The van der Waals surface area contributed by atoms with Crippen molar-refractivity contribution in [2.75, 3.05) is 18.5 Å². The van der Waals surface area contributed by atoms with Crippen molar-refractivity contribution in [2.24, 2.45) is 5.92 Å². The summed E-state index contributed by atoms with van der Waals surface area (Å²) in [5, 5.41) is 4.73. The molecule has 0 radical (unpaired) electrons. The minimum atomic E-state index is 0.111. The highest BCUT2D eigenvalue weighted by molar-refractivity contribution is 7.15. The highest BCUT2D eigenvalue weighted by Crippen LogP contribution is 2.35. The summed E-state index contributed by atoms with van der Waals surface area (Å²) < 4.78 is 0. The lowest BCUT2D eigenvalue weighted by molar-refractivity contribution is 0.321. The lowest BCUT2D eigenvalue weighted by Crippen LogP contribution is -2.29. The summed E-state index contributed by atoms with van der Waals surface area (Å²) in [6.45, 7) is 13.3. The van der Waals surface area contributed by atoms with Crippen molar-refractivity contribution in [2.45, 2.75) is 71.9 Å². The van der Waals surface area contributed by atoms with Crippen molar-refractivity contribution in [3.63, 3.8) is 0 Å². The van der Waals surface area contributed by atoms with Gasteiger partial charge in [-0.05, 0) is 18.8 Å². The molecule has 0 spiro atoms. The van der Waals surface area contributed by atoms with Gasteiger partial charge in [0, 0.05) is 36.5 Å². The topological polar surface area (TPSA) is 28.2 Å². The highest BCUT2D eigenvalue weighted by atomic mass is 32.1. The van der Waals surface area contributed by atoms with E-state index in [1.54, 1.807) is 0 Å². The number of nitrogens with zero attached hydrogens (tertiary/aromatic N) is 2. The van der Waals surface area contributed by atoms with Crippen LogP contribution in [0.2, 0.25) is 0 Å². The first kappa shape index (κ1) is 16.8. The molecule has 1 N–H and O–H groups in total. The van der Waals surface area contributed by atoms with Gasteiger partial charge < -0.3 is 10.2 Å². The Kier molecular flexibility index (Phi) is 5.31. The molecule has 0 atom stereocenters. The molecule has 0 saturated heterocycles. The van der Waals surface area contributed by atoms with Crippen LogP contribution in [0.15, 0.2) is 0 Å². The normalized spacial score (nSPS) is 16.3. The van der Waals surface area contributed by atoms with Gasteiger partial charge in [0.2, 0.25) is 0 Å². The Morgan fingerprint density at radius 3 is 2.48 bits per heavy atom. The Labute approximate surface area is 134 Å². The largest absolute Gasteiger partial charge is 0.351 e. The predicted molar refractivity (Wildman–Crippen MR) is 93.4 cm³/mol. The number of nitrogens with one attached hydrogen (secondary N) is 1. The first-order valence-corrected chi connectivity index (χ1v) is 9.03. The monoisotopic (exact) mass is 309 g/mol. The second-order valence-electron chi connectivity index (χ2n) is 7.73. The second-order valence-corrected chi connectivity index (χ2v) is 8.79. The van der Waals surface area contributed by atoms with Gasteiger partial charge in [0.25, 0.3) is 0 Å². The molecule has 1 aromatic rings. The average Bonchev–Trinajstić information content (AvgIpc) is 2.75. The SMILES string of the molecule is CC(C)NCc1sc(N(C)CC2CCC2)nc1C(C)(C)C. The van der Waals surface area contributed by atoms with Gasteiger partial charge in [0.1, 0.15) is 0 Å². The summed E-state index contributed by atoms with van der Waals surface area (Å²) in [4.78, 5) is 8.73. The number of thiazole rings is 1. The van der Waals surface area contributed by atoms with Crippen molar-refractivity contribution < 1.29 is 0 Å². The minimum absolute atomic E-state index is 0.111. The van der Waals surface area contributed by atoms with Crippen LogP contribution >= 0.6 is 11.3 Å². The van der Waals surface area contributed by atoms with Crippen LogP contribution in [-0.2, 0) is 12.0 Å². The second kappa shape index (κ2) is 6.66. The summed E-state index contributed by atoms with van der Waals surface area (Å²) in [6, 6.07) is 0.510. The van der Waals surface area contributed by atoms with E-state index in [4.69, 9.17) is 4.98 Å². The molecule has 0 bridgehead atoms. The van der Waals surface area contributed by atoms with Gasteiger partial charge in [-0.2, -0.15) is 0 Å². The number of hydrogen-bond acceptors (Lipinski definition) is 4. The summed E-state index contributed by atoms with van der Waals surface area (Å²) >= 11 is 1.87. The number of hydrogen-bond donors (Lipinski definition) is 1. The van der Waals surface area contributed by atoms with Gasteiger partial charge in [-0.25, -0.2) is 4.98 Å². The van der Waals surface area contributed by atoms with Crippen LogP contribution < -0.4 is 10.2 Å². The van der Waals surface area contributed by atoms with Crippen LogP contribution in [0.5, 0.6) is 0 Å². The fraction of sp³-hybridized carbons (Fsp3) is 0.824. The lowest BCUT2D eigenvalue weighted by atomic mass is 9.85. The van der Waals surface area contributed by atoms with Crippen molar-refractivity contribution in [1.29, 1.82) is 0 Å². The highest BCUT2D eigenvalue weighted by Gasteiger charge is 2.26. The molecule has 3 nitrogen and oxygen atoms in total. The summed E-state index contributed by atoms with van der Waals surface area (Å²) in [7, 11) is 2.20. The van der Waals surface area contributed by atoms with E-state index >= 15 is 0 Å². The predicted octanol–water partition coefficient (Wildman–Crippen LogP) is 4.17. The van der Waals surface area contributed by atoms with Crippen molar-refractivity contribution in [1.82, 2.24) is 10.3 Å². The minimum Gasteiger partial charge on any atom is -0.351 e. The van der Waals surface area contributed by atoms with Crippen LogP contribution in [0.1, 0.15) is 64.5 Å². The number of anilines is 1. The van der Waals surface area contributed by atoms with E-state index in [2.05, 4.69) is 51.9 Å². The molecule has 120 valence electrons. The quantitative estimate of drug-likeness (QED) is 0.854. The summed E-state index contributed by atoms with van der Waals surface area (Å²) in [5.74, 6) is 0.884. The van der Waals surface area contributed by atoms with E-state index in [0.717, 1.165) is 19.0 Å². The molecular formula is C17H31N3S. The Morgan fingerprint density at radius 1 is 1.33 bits per heavy atom. The molecule has 1 saturated carbocycles. The molecule has 1 heterocycles. The van der Waals surface area contributed by atoms with Crippen LogP contribution in [-0.4, -0.2) is 24.6 Å². The lowest BCUT2D eigenvalue weighted by Gasteiger charge is -2.29. The molecule has 2 rings (SSSR count). The maximum Gasteiger partial charge on any atom is 0.185 e. The molecule has 21 heavy (non-hydrogen) atoms. The average molecular weight is 310 g/mol. The van der Waals surface area contributed by atoms with Gasteiger partial charge >= 0.3 is 0 Å². The maximum absolute atomic E-state index is 4.98. The van der Waals surface area contributed by atoms with Crippen molar-refractivity contribution in [3.05, 3.63) is 10.6 Å². The first-order valence-electron chi connectivity index (χ1n) is 8.22. The molecule has 1 aliphatic carbocycles. The van der Waals surface area contributed by atoms with Crippen LogP contribution in [0.3, 0.4) is 0 Å². The third-order valence-corrected chi connectivity index (χ3v) is 5.32. The molecule has 1 aromatic heterocycles. The van der Waals surface area contributed by atoms with Crippen LogP contribution in [0.4, 0.5) is 5.13 Å². The van der Waals surface area contributed by atoms with Crippen molar-refractivity contribution >= 4 is 16.5 Å².